The molecule has 0 amide bonds. The Morgan fingerprint density at radius 1 is 1.27 bits per heavy atom. The molecule has 0 saturated heterocycles. The van der Waals surface area contributed by atoms with E-state index in [0.717, 1.165) is 22.3 Å². The van der Waals surface area contributed by atoms with Crippen molar-refractivity contribution in [3.8, 4) is 11.4 Å². The van der Waals surface area contributed by atoms with Crippen LogP contribution in [0.25, 0.3) is 11.4 Å². The van der Waals surface area contributed by atoms with Gasteiger partial charge in [0.1, 0.15) is 0 Å². The Morgan fingerprint density at radius 2 is 1.95 bits per heavy atom. The van der Waals surface area contributed by atoms with Gasteiger partial charge in [0.2, 0.25) is 0 Å². The zero-order chi connectivity index (χ0) is 15.9. The van der Waals surface area contributed by atoms with Crippen LogP contribution < -0.4 is 0 Å². The highest BCUT2D eigenvalue weighted by Crippen LogP contribution is 2.25. The summed E-state index contributed by atoms with van der Waals surface area (Å²) >= 11 is 7.51. The van der Waals surface area contributed by atoms with Gasteiger partial charge in [-0.05, 0) is 24.3 Å². The van der Waals surface area contributed by atoms with E-state index in [0.29, 0.717) is 11.6 Å². The zero-order valence-corrected chi connectivity index (χ0v) is 14.1. The van der Waals surface area contributed by atoms with Crippen molar-refractivity contribution in [1.82, 2.24) is 14.8 Å². The van der Waals surface area contributed by atoms with Gasteiger partial charge in [-0.1, -0.05) is 29.4 Å². The minimum absolute atomic E-state index is 0.370. The highest BCUT2D eigenvalue weighted by atomic mass is 35.5. The molecule has 118 valence electrons. The third-order valence-corrected chi connectivity index (χ3v) is 4.22. The Morgan fingerprint density at radius 3 is 2.55 bits per heavy atom. The average Bonchev–Trinajstić information content (AvgIpc) is 2.93. The third kappa shape index (κ3) is 4.10. The van der Waals surface area contributed by atoms with Crippen LogP contribution in [0.2, 0.25) is 5.02 Å². The lowest BCUT2D eigenvalue weighted by Crippen LogP contribution is -2.21. The Labute approximate surface area is 139 Å². The van der Waals surface area contributed by atoms with Crippen LogP contribution >= 0.6 is 23.4 Å². The molecule has 22 heavy (non-hydrogen) atoms. The van der Waals surface area contributed by atoms with E-state index in [1.165, 1.54) is 0 Å². The van der Waals surface area contributed by atoms with Gasteiger partial charge < -0.3 is 9.47 Å². The Hall–Kier alpha value is -1.34. The first-order valence-corrected chi connectivity index (χ1v) is 8.04. The van der Waals surface area contributed by atoms with Crippen LogP contribution in [0.15, 0.2) is 42.1 Å². The van der Waals surface area contributed by atoms with E-state index in [4.69, 9.17) is 21.1 Å². The van der Waals surface area contributed by atoms with Crippen LogP contribution in [-0.4, -0.2) is 41.0 Å². The van der Waals surface area contributed by atoms with Gasteiger partial charge in [-0.25, -0.2) is 0 Å². The maximum atomic E-state index is 5.94. The first-order valence-electron chi connectivity index (χ1n) is 6.68. The fourth-order valence-electron chi connectivity index (χ4n) is 1.90. The molecule has 0 N–H and O–H groups in total. The largest absolute Gasteiger partial charge is 0.354 e. The molecule has 7 heteroatoms. The summed E-state index contributed by atoms with van der Waals surface area (Å²) in [5.74, 6) is 1.51. The molecular weight excluding hydrogens is 322 g/mol. The second-order valence-corrected chi connectivity index (χ2v) is 5.85. The molecule has 2 rings (SSSR count). The molecule has 2 aromatic rings. The predicted molar refractivity (Wildman–Crippen MR) is 89.2 cm³/mol. The van der Waals surface area contributed by atoms with Crippen LogP contribution in [0, 0.1) is 0 Å². The van der Waals surface area contributed by atoms with E-state index in [-0.39, 0.29) is 6.29 Å². The van der Waals surface area contributed by atoms with Crippen molar-refractivity contribution in [2.75, 3.05) is 20.0 Å². The van der Waals surface area contributed by atoms with E-state index in [1.807, 2.05) is 34.9 Å². The molecular formula is C15H18ClN3O2S. The quantitative estimate of drug-likeness (QED) is 0.418. The number of aromatic nitrogens is 3. The maximum Gasteiger partial charge on any atom is 0.191 e. The van der Waals surface area contributed by atoms with Crippen molar-refractivity contribution in [1.29, 1.82) is 0 Å². The van der Waals surface area contributed by atoms with Gasteiger partial charge in [0.05, 0.1) is 6.54 Å². The van der Waals surface area contributed by atoms with Crippen LogP contribution in [0.5, 0.6) is 0 Å². The lowest BCUT2D eigenvalue weighted by Gasteiger charge is -2.16. The Bertz CT molecular complexity index is 612. The number of thioether (sulfide) groups is 1. The highest BCUT2D eigenvalue weighted by Gasteiger charge is 2.17. The number of ether oxygens (including phenoxy) is 2. The summed E-state index contributed by atoms with van der Waals surface area (Å²) in [5, 5.41) is 10.0. The molecule has 0 aliphatic rings. The summed E-state index contributed by atoms with van der Waals surface area (Å²) < 4.78 is 12.6. The molecule has 1 aromatic carbocycles. The standard InChI is InChI=1S/C15H18ClN3O2S/c1-4-9-22-15-18-17-14(11-5-7-12(16)8-6-11)19(15)10-13(20-2)21-3/h4-8,13H,1,9-10H2,2-3H3. The summed E-state index contributed by atoms with van der Waals surface area (Å²) in [5.41, 5.74) is 0.938. The second kappa shape index (κ2) is 8.33. The van der Waals surface area contributed by atoms with Crippen molar-refractivity contribution in [2.24, 2.45) is 0 Å². The van der Waals surface area contributed by atoms with Crippen molar-refractivity contribution < 1.29 is 9.47 Å². The van der Waals surface area contributed by atoms with Crippen LogP contribution in [0.4, 0.5) is 0 Å². The second-order valence-electron chi connectivity index (χ2n) is 4.42. The van der Waals surface area contributed by atoms with E-state index < -0.39 is 0 Å². The Kier molecular flexibility index (Phi) is 6.45. The number of hydrogen-bond acceptors (Lipinski definition) is 5. The zero-order valence-electron chi connectivity index (χ0n) is 12.5. The minimum atomic E-state index is -0.370. The van der Waals surface area contributed by atoms with Crippen molar-refractivity contribution in [3.63, 3.8) is 0 Å². The van der Waals surface area contributed by atoms with Crippen LogP contribution in [0.3, 0.4) is 0 Å². The monoisotopic (exact) mass is 339 g/mol. The topological polar surface area (TPSA) is 49.2 Å². The van der Waals surface area contributed by atoms with E-state index in [9.17, 15) is 0 Å². The van der Waals surface area contributed by atoms with Gasteiger partial charge in [-0.15, -0.1) is 16.8 Å². The number of benzene rings is 1. The van der Waals surface area contributed by atoms with Crippen LogP contribution in [0.1, 0.15) is 0 Å². The average molecular weight is 340 g/mol. The summed E-state index contributed by atoms with van der Waals surface area (Å²) in [6.45, 7) is 4.23. The van der Waals surface area contributed by atoms with Gasteiger partial charge in [0, 0.05) is 30.6 Å². The molecule has 1 aromatic heterocycles. The number of halogens is 1. The Balaban J connectivity index is 2.37. The first kappa shape index (κ1) is 17.0. The van der Waals surface area contributed by atoms with Crippen LogP contribution in [-0.2, 0) is 16.0 Å². The van der Waals surface area contributed by atoms with Crippen molar-refractivity contribution in [3.05, 3.63) is 41.9 Å². The summed E-state index contributed by atoms with van der Waals surface area (Å²) in [4.78, 5) is 0. The van der Waals surface area contributed by atoms with E-state index in [1.54, 1.807) is 26.0 Å². The molecule has 5 nitrogen and oxygen atoms in total. The molecule has 0 saturated carbocycles. The van der Waals surface area contributed by atoms with E-state index in [2.05, 4.69) is 16.8 Å². The van der Waals surface area contributed by atoms with E-state index >= 15 is 0 Å². The molecule has 0 aliphatic heterocycles. The summed E-state index contributed by atoms with van der Waals surface area (Å²) in [6, 6.07) is 7.49. The maximum absolute atomic E-state index is 5.94. The molecule has 0 atom stereocenters. The van der Waals surface area contributed by atoms with Gasteiger partial charge in [-0.2, -0.15) is 0 Å². The predicted octanol–water partition coefficient (Wildman–Crippen LogP) is 3.50. The SMILES string of the molecule is C=CCSc1nnc(-c2ccc(Cl)cc2)n1CC(OC)OC. The van der Waals surface area contributed by atoms with Crippen molar-refractivity contribution >= 4 is 23.4 Å². The first-order chi connectivity index (χ1) is 10.7. The number of nitrogens with zero attached hydrogens (tertiary/aromatic N) is 3. The van der Waals surface area contributed by atoms with Gasteiger partial charge in [-0.3, -0.25) is 4.57 Å². The summed E-state index contributed by atoms with van der Waals surface area (Å²) in [6.07, 6.45) is 1.46. The molecule has 0 radical (unpaired) electrons. The van der Waals surface area contributed by atoms with Crippen molar-refractivity contribution in [2.45, 2.75) is 18.0 Å². The normalized spacial score (nSPS) is 11.1. The fraction of sp³-hybridized carbons (Fsp3) is 0.333. The smallest absolute Gasteiger partial charge is 0.191 e. The third-order valence-electron chi connectivity index (χ3n) is 3.01. The number of rotatable bonds is 8. The molecule has 0 fully saturated rings. The van der Waals surface area contributed by atoms with Gasteiger partial charge >= 0.3 is 0 Å². The lowest BCUT2D eigenvalue weighted by atomic mass is 10.2. The number of methoxy groups -OCH3 is 2. The minimum Gasteiger partial charge on any atom is -0.354 e. The summed E-state index contributed by atoms with van der Waals surface area (Å²) in [7, 11) is 3.22. The molecule has 0 unspecified atom stereocenters. The van der Waals surface area contributed by atoms with Gasteiger partial charge in [0.25, 0.3) is 0 Å². The van der Waals surface area contributed by atoms with Gasteiger partial charge in [0.15, 0.2) is 17.3 Å². The lowest BCUT2D eigenvalue weighted by molar-refractivity contribution is -0.111. The fourth-order valence-corrected chi connectivity index (χ4v) is 2.71. The molecule has 0 spiro atoms. The molecule has 0 aliphatic carbocycles. The molecule has 0 bridgehead atoms. The molecule has 1 heterocycles. The highest BCUT2D eigenvalue weighted by molar-refractivity contribution is 7.99. The number of hydrogen-bond donors (Lipinski definition) is 0.